The van der Waals surface area contributed by atoms with Gasteiger partial charge in [-0.2, -0.15) is 0 Å². The van der Waals surface area contributed by atoms with Crippen molar-refractivity contribution < 1.29 is 23.7 Å². The zero-order chi connectivity index (χ0) is 19.4. The van der Waals surface area contributed by atoms with E-state index in [1.165, 1.54) is 25.6 Å². The molecule has 0 unspecified atom stereocenters. The zero-order valence-corrected chi connectivity index (χ0v) is 16.1. The number of carbonyl (C=O) groups is 1. The number of nitrogens with zero attached hydrogens (tertiary/aromatic N) is 1. The van der Waals surface area contributed by atoms with Crippen LogP contribution in [0.3, 0.4) is 0 Å². The summed E-state index contributed by atoms with van der Waals surface area (Å²) < 4.78 is 22.0. The first-order chi connectivity index (χ1) is 13.1. The second kappa shape index (κ2) is 8.00. The van der Waals surface area contributed by atoms with E-state index >= 15 is 0 Å². The van der Waals surface area contributed by atoms with Crippen LogP contribution in [0.2, 0.25) is 0 Å². The molecule has 0 saturated heterocycles. The molecule has 8 nitrogen and oxygen atoms in total. The smallest absolute Gasteiger partial charge is 0.277 e. The highest BCUT2D eigenvalue weighted by Crippen LogP contribution is 2.36. The number of hydrazine groups is 1. The van der Waals surface area contributed by atoms with E-state index in [0.29, 0.717) is 33.6 Å². The number of carbonyl (C=O) groups excluding carboxylic acids is 1. The van der Waals surface area contributed by atoms with Crippen molar-refractivity contribution in [3.8, 4) is 23.0 Å². The van der Waals surface area contributed by atoms with Crippen molar-refractivity contribution in [1.29, 1.82) is 0 Å². The highest BCUT2D eigenvalue weighted by atomic mass is 32.1. The molecule has 3 rings (SSSR count). The number of hydrogen-bond acceptors (Lipinski definition) is 8. The van der Waals surface area contributed by atoms with Gasteiger partial charge in [-0.3, -0.25) is 15.6 Å². The Kier molecular flexibility index (Phi) is 5.51. The van der Waals surface area contributed by atoms with Gasteiger partial charge in [-0.05, 0) is 18.2 Å². The lowest BCUT2D eigenvalue weighted by molar-refractivity contribution is 0.0956. The van der Waals surface area contributed by atoms with Crippen molar-refractivity contribution in [1.82, 2.24) is 10.4 Å². The van der Waals surface area contributed by atoms with E-state index in [1.54, 1.807) is 38.5 Å². The van der Waals surface area contributed by atoms with Crippen molar-refractivity contribution in [3.05, 3.63) is 35.9 Å². The van der Waals surface area contributed by atoms with Gasteiger partial charge in [0, 0.05) is 6.07 Å². The molecule has 0 bridgehead atoms. The Hall–Kier alpha value is -3.20. The van der Waals surface area contributed by atoms with Crippen molar-refractivity contribution in [2.45, 2.75) is 0 Å². The maximum Gasteiger partial charge on any atom is 0.277 e. The molecule has 2 N–H and O–H groups in total. The summed E-state index contributed by atoms with van der Waals surface area (Å²) in [4.78, 5) is 17.1. The fraction of sp³-hybridized carbons (Fsp3) is 0.222. The molecule has 1 aromatic heterocycles. The Labute approximate surface area is 160 Å². The van der Waals surface area contributed by atoms with Crippen molar-refractivity contribution in [2.75, 3.05) is 33.9 Å². The molecule has 0 radical (unpaired) electrons. The largest absolute Gasteiger partial charge is 0.497 e. The third-order valence-electron chi connectivity index (χ3n) is 3.83. The van der Waals surface area contributed by atoms with Gasteiger partial charge in [0.2, 0.25) is 5.13 Å². The molecule has 0 atom stereocenters. The number of thiazole rings is 1. The van der Waals surface area contributed by atoms with Crippen LogP contribution in [0.25, 0.3) is 10.2 Å². The van der Waals surface area contributed by atoms with Crippen molar-refractivity contribution in [3.63, 3.8) is 0 Å². The van der Waals surface area contributed by atoms with Crippen molar-refractivity contribution in [2.24, 2.45) is 0 Å². The summed E-state index contributed by atoms with van der Waals surface area (Å²) in [6.07, 6.45) is 0. The van der Waals surface area contributed by atoms with Gasteiger partial charge in [0.15, 0.2) is 0 Å². The summed E-state index contributed by atoms with van der Waals surface area (Å²) >= 11 is 1.35. The minimum absolute atomic E-state index is 0.287. The maximum atomic E-state index is 12.6. The highest BCUT2D eigenvalue weighted by molar-refractivity contribution is 7.22. The number of fused-ring (bicyclic) bond motifs is 1. The predicted octanol–water partition coefficient (Wildman–Crippen LogP) is 3.09. The zero-order valence-electron chi connectivity index (χ0n) is 15.3. The Bertz CT molecular complexity index is 951. The van der Waals surface area contributed by atoms with Crippen LogP contribution in [0.15, 0.2) is 30.3 Å². The Morgan fingerprint density at radius 2 is 1.63 bits per heavy atom. The van der Waals surface area contributed by atoms with Gasteiger partial charge in [0.1, 0.15) is 34.1 Å². The molecule has 0 fully saturated rings. The van der Waals surface area contributed by atoms with Gasteiger partial charge in [-0.15, -0.1) is 0 Å². The number of methoxy groups -OCH3 is 4. The summed E-state index contributed by atoms with van der Waals surface area (Å²) in [5.74, 6) is 1.66. The number of hydrogen-bond donors (Lipinski definition) is 2. The lowest BCUT2D eigenvalue weighted by Crippen LogP contribution is -2.30. The molecule has 27 heavy (non-hydrogen) atoms. The first-order valence-corrected chi connectivity index (χ1v) is 8.72. The highest BCUT2D eigenvalue weighted by Gasteiger charge is 2.19. The second-order valence-electron chi connectivity index (χ2n) is 5.31. The van der Waals surface area contributed by atoms with Gasteiger partial charge >= 0.3 is 0 Å². The monoisotopic (exact) mass is 389 g/mol. The van der Waals surface area contributed by atoms with Crippen LogP contribution in [0.4, 0.5) is 5.13 Å². The molecule has 3 aromatic rings. The molecular formula is C18H19N3O5S. The summed E-state index contributed by atoms with van der Waals surface area (Å²) in [6.45, 7) is 0. The molecule has 0 spiro atoms. The van der Waals surface area contributed by atoms with Gasteiger partial charge in [0.25, 0.3) is 5.91 Å². The normalized spacial score (nSPS) is 10.4. The summed E-state index contributed by atoms with van der Waals surface area (Å²) in [6, 6.07) is 8.73. The van der Waals surface area contributed by atoms with E-state index < -0.39 is 5.91 Å². The fourth-order valence-electron chi connectivity index (χ4n) is 2.55. The van der Waals surface area contributed by atoms with E-state index in [0.717, 1.165) is 4.70 Å². The number of aromatic nitrogens is 1. The molecule has 1 amide bonds. The van der Waals surface area contributed by atoms with Crippen LogP contribution in [-0.2, 0) is 0 Å². The first kappa shape index (κ1) is 18.6. The van der Waals surface area contributed by atoms with Crippen LogP contribution in [-0.4, -0.2) is 39.3 Å². The summed E-state index contributed by atoms with van der Waals surface area (Å²) in [7, 11) is 6.14. The predicted molar refractivity (Wildman–Crippen MR) is 103 cm³/mol. The molecular weight excluding hydrogens is 370 g/mol. The van der Waals surface area contributed by atoms with Crippen molar-refractivity contribution >= 4 is 32.6 Å². The van der Waals surface area contributed by atoms with Crippen LogP contribution in [0.1, 0.15) is 10.4 Å². The lowest BCUT2D eigenvalue weighted by Gasteiger charge is -2.13. The Balaban J connectivity index is 1.84. The average molecular weight is 389 g/mol. The van der Waals surface area contributed by atoms with Gasteiger partial charge in [0.05, 0.1) is 33.1 Å². The standard InChI is InChI=1S/C18H19N3O5S/c1-23-10-8-13(26-4)16-14(9-10)27-18(19-16)21-20-17(22)15-11(24-2)6-5-7-12(15)25-3/h5-9H,1-4H3,(H,19,21)(H,20,22). The van der Waals surface area contributed by atoms with E-state index in [4.69, 9.17) is 18.9 Å². The van der Waals surface area contributed by atoms with Gasteiger partial charge in [-0.25, -0.2) is 4.98 Å². The number of rotatable bonds is 7. The quantitative estimate of drug-likeness (QED) is 0.600. The Morgan fingerprint density at radius 3 is 2.22 bits per heavy atom. The van der Waals surface area contributed by atoms with E-state index in [2.05, 4.69) is 15.8 Å². The van der Waals surface area contributed by atoms with Crippen LogP contribution in [0.5, 0.6) is 23.0 Å². The third kappa shape index (κ3) is 3.68. The molecule has 0 saturated carbocycles. The van der Waals surface area contributed by atoms with E-state index in [9.17, 15) is 4.79 Å². The topological polar surface area (TPSA) is 90.9 Å². The number of ether oxygens (including phenoxy) is 4. The minimum atomic E-state index is -0.409. The molecule has 1 heterocycles. The first-order valence-electron chi connectivity index (χ1n) is 7.91. The van der Waals surface area contributed by atoms with Crippen LogP contribution >= 0.6 is 11.3 Å². The number of nitrogens with one attached hydrogen (secondary N) is 2. The second-order valence-corrected chi connectivity index (χ2v) is 6.34. The van der Waals surface area contributed by atoms with Crippen LogP contribution < -0.4 is 29.8 Å². The SMILES string of the molecule is COc1cc(OC)c2nc(NNC(=O)c3c(OC)cccc3OC)sc2c1. The maximum absolute atomic E-state index is 12.6. The number of anilines is 1. The molecule has 0 aliphatic heterocycles. The fourth-order valence-corrected chi connectivity index (χ4v) is 3.41. The average Bonchev–Trinajstić information content (AvgIpc) is 3.13. The minimum Gasteiger partial charge on any atom is -0.497 e. The third-order valence-corrected chi connectivity index (χ3v) is 4.74. The van der Waals surface area contributed by atoms with E-state index in [-0.39, 0.29) is 5.56 Å². The lowest BCUT2D eigenvalue weighted by atomic mass is 10.1. The molecule has 2 aromatic carbocycles. The number of benzene rings is 2. The summed E-state index contributed by atoms with van der Waals surface area (Å²) in [5, 5.41) is 0.499. The van der Waals surface area contributed by atoms with Gasteiger partial charge < -0.3 is 18.9 Å². The van der Waals surface area contributed by atoms with Gasteiger partial charge in [-0.1, -0.05) is 17.4 Å². The molecule has 9 heteroatoms. The summed E-state index contributed by atoms with van der Waals surface area (Å²) in [5.41, 5.74) is 6.41. The molecule has 0 aliphatic carbocycles. The number of amides is 1. The van der Waals surface area contributed by atoms with Crippen LogP contribution in [0, 0.1) is 0 Å². The molecule has 0 aliphatic rings. The van der Waals surface area contributed by atoms with E-state index in [1.807, 2.05) is 6.07 Å². The molecule has 142 valence electrons. The Morgan fingerprint density at radius 1 is 0.963 bits per heavy atom.